The van der Waals surface area contributed by atoms with Crippen LogP contribution in [0.3, 0.4) is 0 Å². The summed E-state index contributed by atoms with van der Waals surface area (Å²) >= 11 is 0. The van der Waals surface area contributed by atoms with Gasteiger partial charge in [-0.05, 0) is 37.3 Å². The maximum atomic E-state index is 14.0. The molecule has 1 aromatic carbocycles. The summed E-state index contributed by atoms with van der Waals surface area (Å²) in [7, 11) is 0. The van der Waals surface area contributed by atoms with Crippen molar-refractivity contribution in [2.75, 3.05) is 6.61 Å². The molecule has 3 heteroatoms. The highest BCUT2D eigenvalue weighted by molar-refractivity contribution is 5.75. The van der Waals surface area contributed by atoms with Crippen molar-refractivity contribution in [2.24, 2.45) is 5.92 Å². The predicted molar refractivity (Wildman–Crippen MR) is 70.4 cm³/mol. The lowest BCUT2D eigenvalue weighted by Gasteiger charge is -2.11. The third kappa shape index (κ3) is 4.86. The first-order chi connectivity index (χ1) is 8.50. The van der Waals surface area contributed by atoms with Crippen molar-refractivity contribution in [3.8, 4) is 5.75 Å². The van der Waals surface area contributed by atoms with Gasteiger partial charge in [-0.2, -0.15) is 0 Å². The van der Waals surface area contributed by atoms with Crippen LogP contribution < -0.4 is 4.74 Å². The summed E-state index contributed by atoms with van der Waals surface area (Å²) in [6.07, 6.45) is 1.75. The van der Waals surface area contributed by atoms with Crippen LogP contribution in [-0.2, 0) is 11.2 Å². The molecule has 1 aromatic rings. The molecule has 0 amide bonds. The first kappa shape index (κ1) is 14.7. The van der Waals surface area contributed by atoms with Crippen LogP contribution in [0.1, 0.15) is 39.2 Å². The van der Waals surface area contributed by atoms with E-state index >= 15 is 0 Å². The minimum atomic E-state index is -0.290. The number of ketones is 1. The molecule has 0 bridgehead atoms. The smallest absolute Gasteiger partial charge is 0.168 e. The van der Waals surface area contributed by atoms with Gasteiger partial charge in [-0.25, -0.2) is 4.39 Å². The Morgan fingerprint density at radius 2 is 2.11 bits per heavy atom. The van der Waals surface area contributed by atoms with Crippen LogP contribution in [0.2, 0.25) is 0 Å². The first-order valence-electron chi connectivity index (χ1n) is 6.40. The van der Waals surface area contributed by atoms with Crippen LogP contribution in [0.25, 0.3) is 0 Å². The molecule has 0 aromatic heterocycles. The highest BCUT2D eigenvalue weighted by Crippen LogP contribution is 2.22. The molecule has 100 valence electrons. The van der Waals surface area contributed by atoms with E-state index in [0.29, 0.717) is 43.1 Å². The van der Waals surface area contributed by atoms with Gasteiger partial charge < -0.3 is 9.53 Å². The Morgan fingerprint density at radius 3 is 2.72 bits per heavy atom. The molecule has 0 aliphatic heterocycles. The summed E-state index contributed by atoms with van der Waals surface area (Å²) in [6.45, 7) is 6.11. The van der Waals surface area contributed by atoms with E-state index in [-0.39, 0.29) is 11.6 Å². The number of rotatable bonds is 7. The maximum absolute atomic E-state index is 14.0. The topological polar surface area (TPSA) is 26.3 Å². The zero-order valence-electron chi connectivity index (χ0n) is 11.3. The molecule has 2 nitrogen and oxygen atoms in total. The highest BCUT2D eigenvalue weighted by Gasteiger charge is 2.09. The third-order valence-corrected chi connectivity index (χ3v) is 2.59. The number of carbonyl (C=O) groups excluding carboxylic acids is 1. The molecule has 1 rings (SSSR count). The Labute approximate surface area is 108 Å². The van der Waals surface area contributed by atoms with E-state index in [9.17, 15) is 9.18 Å². The summed E-state index contributed by atoms with van der Waals surface area (Å²) < 4.78 is 19.5. The number of hydrogen-bond donors (Lipinski definition) is 0. The molecular formula is C15H21FO2. The Morgan fingerprint density at radius 1 is 1.39 bits per heavy atom. The van der Waals surface area contributed by atoms with Gasteiger partial charge in [0, 0.05) is 6.42 Å². The number of aryl methyl sites for hydroxylation is 1. The lowest BCUT2D eigenvalue weighted by Crippen LogP contribution is -2.06. The van der Waals surface area contributed by atoms with Gasteiger partial charge in [-0.1, -0.05) is 26.0 Å². The second-order valence-electron chi connectivity index (χ2n) is 4.99. The van der Waals surface area contributed by atoms with Crippen molar-refractivity contribution < 1.29 is 13.9 Å². The number of ether oxygens (including phenoxy) is 1. The van der Waals surface area contributed by atoms with Crippen LogP contribution in [0.15, 0.2) is 18.2 Å². The normalized spacial score (nSPS) is 10.7. The third-order valence-electron chi connectivity index (χ3n) is 2.59. The average Bonchev–Trinajstić information content (AvgIpc) is 2.29. The second-order valence-corrected chi connectivity index (χ2v) is 4.99. The Kier molecular flexibility index (Phi) is 5.83. The van der Waals surface area contributed by atoms with Gasteiger partial charge in [0.15, 0.2) is 11.6 Å². The van der Waals surface area contributed by atoms with E-state index in [4.69, 9.17) is 4.74 Å². The molecule has 0 saturated carbocycles. The number of Topliss-reactive ketones (excluding diaryl/α,β-unsaturated/α-hetero) is 1. The van der Waals surface area contributed by atoms with Gasteiger partial charge in [0.05, 0.1) is 6.61 Å². The molecule has 18 heavy (non-hydrogen) atoms. The zero-order valence-corrected chi connectivity index (χ0v) is 11.3. The Bertz CT molecular complexity index is 399. The van der Waals surface area contributed by atoms with E-state index < -0.39 is 0 Å². The molecular weight excluding hydrogens is 231 g/mol. The summed E-state index contributed by atoms with van der Waals surface area (Å²) in [5, 5.41) is 0. The molecule has 0 atom stereocenters. The minimum absolute atomic E-state index is 0.141. The van der Waals surface area contributed by atoms with Crippen LogP contribution in [0.4, 0.5) is 4.39 Å². The van der Waals surface area contributed by atoms with E-state index in [1.54, 1.807) is 25.1 Å². The van der Waals surface area contributed by atoms with Crippen molar-refractivity contribution in [3.05, 3.63) is 29.6 Å². The largest absolute Gasteiger partial charge is 0.490 e. The number of hydrogen-bond acceptors (Lipinski definition) is 2. The molecule has 0 aliphatic carbocycles. The Balaban J connectivity index is 2.63. The monoisotopic (exact) mass is 252 g/mol. The van der Waals surface area contributed by atoms with Crippen LogP contribution in [0.5, 0.6) is 5.75 Å². The van der Waals surface area contributed by atoms with E-state index in [1.807, 2.05) is 13.8 Å². The van der Waals surface area contributed by atoms with Crippen molar-refractivity contribution in [3.63, 3.8) is 0 Å². The zero-order chi connectivity index (χ0) is 13.5. The molecule has 0 unspecified atom stereocenters. The van der Waals surface area contributed by atoms with E-state index in [1.165, 1.54) is 0 Å². The molecule has 0 radical (unpaired) electrons. The number of halogens is 1. The standard InChI is InChI=1S/C15H21FO2/c1-11(2)10-18-14-9-5-8-13(15(14)16)7-4-6-12(3)17/h5,8-9,11H,4,6-7,10H2,1-3H3. The van der Waals surface area contributed by atoms with Crippen LogP contribution in [0, 0.1) is 11.7 Å². The second kappa shape index (κ2) is 7.14. The quantitative estimate of drug-likeness (QED) is 0.738. The molecule has 0 spiro atoms. The molecule has 0 saturated heterocycles. The highest BCUT2D eigenvalue weighted by atomic mass is 19.1. The predicted octanol–water partition coefficient (Wildman–Crippen LogP) is 3.77. The van der Waals surface area contributed by atoms with Gasteiger partial charge in [0.2, 0.25) is 0 Å². The van der Waals surface area contributed by atoms with Gasteiger partial charge in [0.1, 0.15) is 5.78 Å². The summed E-state index contributed by atoms with van der Waals surface area (Å²) in [6, 6.07) is 5.19. The van der Waals surface area contributed by atoms with Gasteiger partial charge in [-0.3, -0.25) is 0 Å². The van der Waals surface area contributed by atoms with Gasteiger partial charge in [-0.15, -0.1) is 0 Å². The summed E-state index contributed by atoms with van der Waals surface area (Å²) in [5.41, 5.74) is 0.623. The Hall–Kier alpha value is -1.38. The lowest BCUT2D eigenvalue weighted by atomic mass is 10.1. The molecule has 0 heterocycles. The van der Waals surface area contributed by atoms with E-state index in [2.05, 4.69) is 0 Å². The number of carbonyl (C=O) groups is 1. The first-order valence-corrected chi connectivity index (χ1v) is 6.40. The van der Waals surface area contributed by atoms with Crippen molar-refractivity contribution in [1.82, 2.24) is 0 Å². The SMILES string of the molecule is CC(=O)CCCc1cccc(OCC(C)C)c1F. The molecule has 0 fully saturated rings. The summed E-state index contributed by atoms with van der Waals surface area (Å²) in [4.78, 5) is 10.8. The van der Waals surface area contributed by atoms with Crippen molar-refractivity contribution in [1.29, 1.82) is 0 Å². The fourth-order valence-electron chi connectivity index (χ4n) is 1.65. The fraction of sp³-hybridized carbons (Fsp3) is 0.533. The average molecular weight is 252 g/mol. The van der Waals surface area contributed by atoms with Crippen LogP contribution >= 0.6 is 0 Å². The van der Waals surface area contributed by atoms with Crippen LogP contribution in [-0.4, -0.2) is 12.4 Å². The fourth-order valence-corrected chi connectivity index (χ4v) is 1.65. The van der Waals surface area contributed by atoms with E-state index in [0.717, 1.165) is 0 Å². The molecule has 0 aliphatic rings. The number of benzene rings is 1. The lowest BCUT2D eigenvalue weighted by molar-refractivity contribution is -0.117. The van der Waals surface area contributed by atoms with Crippen molar-refractivity contribution in [2.45, 2.75) is 40.0 Å². The van der Waals surface area contributed by atoms with Crippen molar-refractivity contribution >= 4 is 5.78 Å². The summed E-state index contributed by atoms with van der Waals surface area (Å²) in [5.74, 6) is 0.527. The van der Waals surface area contributed by atoms with Gasteiger partial charge in [0.25, 0.3) is 0 Å². The maximum Gasteiger partial charge on any atom is 0.168 e. The van der Waals surface area contributed by atoms with Gasteiger partial charge >= 0.3 is 0 Å². The minimum Gasteiger partial charge on any atom is -0.490 e. The molecule has 0 N–H and O–H groups in total.